The molecule has 22 heavy (non-hydrogen) atoms. The van der Waals surface area contributed by atoms with Crippen LogP contribution in [0, 0.1) is 25.5 Å². The van der Waals surface area contributed by atoms with E-state index in [1.54, 1.807) is 19.1 Å². The minimum absolute atomic E-state index is 0.505. The van der Waals surface area contributed by atoms with Crippen LogP contribution in [0.15, 0.2) is 36.4 Å². The van der Waals surface area contributed by atoms with Gasteiger partial charge in [-0.2, -0.15) is 0 Å². The lowest BCUT2D eigenvalue weighted by Crippen LogP contribution is -2.35. The maximum absolute atomic E-state index is 13.5. The fourth-order valence-electron chi connectivity index (χ4n) is 1.99. The van der Waals surface area contributed by atoms with E-state index in [1.165, 1.54) is 0 Å². The van der Waals surface area contributed by atoms with Gasteiger partial charge in [0.1, 0.15) is 17.2 Å². The van der Waals surface area contributed by atoms with Crippen molar-refractivity contribution in [2.45, 2.75) is 13.8 Å². The minimum Gasteiger partial charge on any atom is -0.307 e. The van der Waals surface area contributed by atoms with Gasteiger partial charge in [-0.25, -0.2) is 13.6 Å². The number of nitrogens with one attached hydrogen (secondary N) is 2. The molecule has 0 bridgehead atoms. The first-order chi connectivity index (χ1) is 10.4. The van der Waals surface area contributed by atoms with Gasteiger partial charge in [0.15, 0.2) is 0 Å². The van der Waals surface area contributed by atoms with Crippen LogP contribution in [0.4, 0.5) is 19.3 Å². The summed E-state index contributed by atoms with van der Waals surface area (Å²) in [5.74, 6) is -3.20. The lowest BCUT2D eigenvalue weighted by atomic mass is 10.1. The number of carbonyl (C=O) groups excluding carboxylic acids is 2. The van der Waals surface area contributed by atoms with Gasteiger partial charge in [0.2, 0.25) is 0 Å². The predicted octanol–water partition coefficient (Wildman–Crippen LogP) is 3.54. The number of rotatable bonds is 2. The molecule has 0 aromatic heterocycles. The molecule has 0 atom stereocenters. The summed E-state index contributed by atoms with van der Waals surface area (Å²) >= 11 is 0. The van der Waals surface area contributed by atoms with Gasteiger partial charge >= 0.3 is 6.03 Å². The zero-order chi connectivity index (χ0) is 16.3. The van der Waals surface area contributed by atoms with Crippen molar-refractivity contribution in [3.05, 3.63) is 64.7 Å². The number of urea groups is 1. The smallest absolute Gasteiger partial charge is 0.307 e. The Morgan fingerprint density at radius 1 is 1.00 bits per heavy atom. The molecule has 4 nitrogen and oxygen atoms in total. The maximum atomic E-state index is 13.5. The number of imide groups is 1. The van der Waals surface area contributed by atoms with Gasteiger partial charge < -0.3 is 5.32 Å². The quantitative estimate of drug-likeness (QED) is 0.891. The first-order valence-electron chi connectivity index (χ1n) is 6.52. The Balaban J connectivity index is 2.10. The van der Waals surface area contributed by atoms with Crippen LogP contribution in [-0.2, 0) is 0 Å². The highest BCUT2D eigenvalue weighted by Gasteiger charge is 2.19. The molecule has 114 valence electrons. The number of hydrogen-bond acceptors (Lipinski definition) is 2. The molecule has 3 amide bonds. The van der Waals surface area contributed by atoms with Gasteiger partial charge in [-0.15, -0.1) is 0 Å². The summed E-state index contributed by atoms with van der Waals surface area (Å²) in [6.45, 7) is 3.70. The summed E-state index contributed by atoms with van der Waals surface area (Å²) in [4.78, 5) is 23.5. The number of amides is 3. The minimum atomic E-state index is -1.14. The number of anilines is 1. The summed E-state index contributed by atoms with van der Waals surface area (Å²) in [5, 5.41) is 4.36. The summed E-state index contributed by atoms with van der Waals surface area (Å²) in [6.07, 6.45) is 0. The Kier molecular flexibility index (Phi) is 4.50. The second-order valence-electron chi connectivity index (χ2n) is 4.82. The lowest BCUT2D eigenvalue weighted by molar-refractivity contribution is 0.0959. The van der Waals surface area contributed by atoms with Gasteiger partial charge in [0, 0.05) is 5.69 Å². The van der Waals surface area contributed by atoms with Crippen molar-refractivity contribution < 1.29 is 18.4 Å². The molecular weight excluding hydrogens is 290 g/mol. The van der Waals surface area contributed by atoms with Gasteiger partial charge in [-0.1, -0.05) is 23.8 Å². The van der Waals surface area contributed by atoms with E-state index in [4.69, 9.17) is 0 Å². The van der Waals surface area contributed by atoms with Crippen LogP contribution < -0.4 is 10.6 Å². The largest absolute Gasteiger partial charge is 0.326 e. The summed E-state index contributed by atoms with van der Waals surface area (Å²) in [6, 6.07) is 7.49. The molecule has 2 rings (SSSR count). The molecule has 0 radical (unpaired) electrons. The van der Waals surface area contributed by atoms with E-state index in [0.29, 0.717) is 5.69 Å². The highest BCUT2D eigenvalue weighted by molar-refractivity contribution is 6.08. The molecular formula is C16H14F2N2O2. The molecule has 0 unspecified atom stereocenters. The van der Waals surface area contributed by atoms with E-state index in [1.807, 2.05) is 18.3 Å². The number of carbonyl (C=O) groups is 2. The molecule has 0 heterocycles. The van der Waals surface area contributed by atoms with E-state index in [9.17, 15) is 18.4 Å². The van der Waals surface area contributed by atoms with Crippen LogP contribution in [0.25, 0.3) is 0 Å². The van der Waals surface area contributed by atoms with Crippen LogP contribution in [-0.4, -0.2) is 11.9 Å². The molecule has 2 N–H and O–H groups in total. The molecule has 0 aliphatic rings. The maximum Gasteiger partial charge on any atom is 0.326 e. The van der Waals surface area contributed by atoms with Crippen molar-refractivity contribution in [3.8, 4) is 0 Å². The first kappa shape index (κ1) is 15.6. The van der Waals surface area contributed by atoms with Gasteiger partial charge in [-0.3, -0.25) is 10.1 Å². The molecule has 6 heteroatoms. The standard InChI is InChI=1S/C16H14F2N2O2/c1-9-6-7-13(10(2)8-9)19-16(22)20-15(21)14-11(17)4-3-5-12(14)18/h3-8H,1-2H3,(H2,19,20,21,22). The van der Waals surface area contributed by atoms with Crippen molar-refractivity contribution in [1.29, 1.82) is 0 Å². The van der Waals surface area contributed by atoms with Crippen LogP contribution in [0.3, 0.4) is 0 Å². The Morgan fingerprint density at radius 2 is 1.64 bits per heavy atom. The zero-order valence-corrected chi connectivity index (χ0v) is 12.0. The molecule has 0 spiro atoms. The molecule has 2 aromatic carbocycles. The van der Waals surface area contributed by atoms with E-state index < -0.39 is 29.1 Å². The van der Waals surface area contributed by atoms with Gasteiger partial charge in [0.05, 0.1) is 0 Å². The van der Waals surface area contributed by atoms with Crippen molar-refractivity contribution in [2.75, 3.05) is 5.32 Å². The second kappa shape index (κ2) is 6.34. The molecule has 0 saturated heterocycles. The SMILES string of the molecule is Cc1ccc(NC(=O)NC(=O)c2c(F)cccc2F)c(C)c1. The topological polar surface area (TPSA) is 58.2 Å². The number of aryl methyl sites for hydroxylation is 2. The normalized spacial score (nSPS) is 10.2. The Labute approximate surface area is 126 Å². The molecule has 0 aliphatic carbocycles. The Morgan fingerprint density at radius 3 is 2.23 bits per heavy atom. The average molecular weight is 304 g/mol. The van der Waals surface area contributed by atoms with Crippen molar-refractivity contribution in [2.24, 2.45) is 0 Å². The third-order valence-corrected chi connectivity index (χ3v) is 3.05. The van der Waals surface area contributed by atoms with E-state index in [-0.39, 0.29) is 0 Å². The molecule has 0 fully saturated rings. The van der Waals surface area contributed by atoms with E-state index in [0.717, 1.165) is 29.3 Å². The Hall–Kier alpha value is -2.76. The number of benzene rings is 2. The fourth-order valence-corrected chi connectivity index (χ4v) is 1.99. The predicted molar refractivity (Wildman–Crippen MR) is 78.8 cm³/mol. The number of hydrogen-bond donors (Lipinski definition) is 2. The highest BCUT2D eigenvalue weighted by atomic mass is 19.1. The average Bonchev–Trinajstić information content (AvgIpc) is 2.41. The highest BCUT2D eigenvalue weighted by Crippen LogP contribution is 2.16. The summed E-state index contributed by atoms with van der Waals surface area (Å²) < 4.78 is 26.9. The van der Waals surface area contributed by atoms with Crippen LogP contribution in [0.1, 0.15) is 21.5 Å². The van der Waals surface area contributed by atoms with Crippen LogP contribution in [0.2, 0.25) is 0 Å². The van der Waals surface area contributed by atoms with Crippen molar-refractivity contribution in [1.82, 2.24) is 5.32 Å². The zero-order valence-electron chi connectivity index (χ0n) is 12.0. The van der Waals surface area contributed by atoms with E-state index in [2.05, 4.69) is 5.32 Å². The number of halogens is 2. The van der Waals surface area contributed by atoms with Crippen LogP contribution in [0.5, 0.6) is 0 Å². The molecule has 2 aromatic rings. The summed E-state index contributed by atoms with van der Waals surface area (Å²) in [5.41, 5.74) is 1.54. The van der Waals surface area contributed by atoms with Crippen molar-refractivity contribution in [3.63, 3.8) is 0 Å². The summed E-state index contributed by atoms with van der Waals surface area (Å²) in [7, 11) is 0. The van der Waals surface area contributed by atoms with Crippen molar-refractivity contribution >= 4 is 17.6 Å². The molecule has 0 aliphatic heterocycles. The third kappa shape index (κ3) is 3.46. The van der Waals surface area contributed by atoms with Crippen LogP contribution >= 0.6 is 0 Å². The first-order valence-corrected chi connectivity index (χ1v) is 6.52. The van der Waals surface area contributed by atoms with Gasteiger partial charge in [0.25, 0.3) is 5.91 Å². The van der Waals surface area contributed by atoms with E-state index >= 15 is 0 Å². The van der Waals surface area contributed by atoms with Gasteiger partial charge in [-0.05, 0) is 37.6 Å². The monoisotopic (exact) mass is 304 g/mol. The third-order valence-electron chi connectivity index (χ3n) is 3.05. The fraction of sp³-hybridized carbons (Fsp3) is 0.125. The second-order valence-corrected chi connectivity index (χ2v) is 4.82. The Bertz CT molecular complexity index is 725. The lowest BCUT2D eigenvalue weighted by Gasteiger charge is -2.10. The molecule has 0 saturated carbocycles.